The molecule has 0 amide bonds. The van der Waals surface area contributed by atoms with Crippen LogP contribution in [0.25, 0.3) is 5.65 Å². The smallest absolute Gasteiger partial charge is 0.162 e. The van der Waals surface area contributed by atoms with E-state index in [1.807, 2.05) is 11.3 Å². The SMILES string of the molecule is CC(c1nnc2cc(C#N)ccn12)n1cncn1. The maximum Gasteiger partial charge on any atom is 0.162 e. The van der Waals surface area contributed by atoms with Gasteiger partial charge in [0.05, 0.1) is 11.6 Å². The van der Waals surface area contributed by atoms with Crippen molar-refractivity contribution in [2.45, 2.75) is 13.0 Å². The maximum absolute atomic E-state index is 8.83. The molecule has 0 saturated heterocycles. The molecular formula is C11H9N7. The van der Waals surface area contributed by atoms with E-state index in [4.69, 9.17) is 5.26 Å². The van der Waals surface area contributed by atoms with Crippen LogP contribution in [0.4, 0.5) is 0 Å². The Morgan fingerprint density at radius 1 is 1.39 bits per heavy atom. The average molecular weight is 239 g/mol. The molecule has 0 aliphatic heterocycles. The van der Waals surface area contributed by atoms with Crippen molar-refractivity contribution in [1.29, 1.82) is 5.26 Å². The number of nitrogens with zero attached hydrogens (tertiary/aromatic N) is 7. The predicted molar refractivity (Wildman–Crippen MR) is 61.5 cm³/mol. The van der Waals surface area contributed by atoms with Crippen molar-refractivity contribution in [2.75, 3.05) is 0 Å². The summed E-state index contributed by atoms with van der Waals surface area (Å²) in [5, 5.41) is 21.1. The fourth-order valence-corrected chi connectivity index (χ4v) is 1.80. The Hall–Kier alpha value is -2.75. The highest BCUT2D eigenvalue weighted by atomic mass is 15.4. The minimum Gasteiger partial charge on any atom is -0.285 e. The number of fused-ring (bicyclic) bond motifs is 1. The van der Waals surface area contributed by atoms with E-state index in [0.29, 0.717) is 11.2 Å². The number of pyridine rings is 1. The summed E-state index contributed by atoms with van der Waals surface area (Å²) in [6.45, 7) is 1.96. The number of hydrogen-bond donors (Lipinski definition) is 0. The molecule has 0 aromatic carbocycles. The molecule has 0 saturated carbocycles. The van der Waals surface area contributed by atoms with Crippen LogP contribution >= 0.6 is 0 Å². The van der Waals surface area contributed by atoms with Gasteiger partial charge in [-0.2, -0.15) is 10.4 Å². The van der Waals surface area contributed by atoms with E-state index < -0.39 is 0 Å². The molecule has 0 aliphatic rings. The van der Waals surface area contributed by atoms with Crippen LogP contribution in [0, 0.1) is 11.3 Å². The number of aromatic nitrogens is 6. The van der Waals surface area contributed by atoms with E-state index in [9.17, 15) is 0 Å². The topological polar surface area (TPSA) is 84.7 Å². The van der Waals surface area contributed by atoms with Crippen LogP contribution in [-0.2, 0) is 0 Å². The summed E-state index contributed by atoms with van der Waals surface area (Å²) in [4.78, 5) is 3.91. The highest BCUT2D eigenvalue weighted by Crippen LogP contribution is 2.16. The summed E-state index contributed by atoms with van der Waals surface area (Å²) in [5.74, 6) is 0.750. The van der Waals surface area contributed by atoms with Gasteiger partial charge in [0, 0.05) is 12.3 Å². The number of hydrogen-bond acceptors (Lipinski definition) is 5. The van der Waals surface area contributed by atoms with Gasteiger partial charge in [0.15, 0.2) is 11.5 Å². The van der Waals surface area contributed by atoms with Crippen molar-refractivity contribution in [3.63, 3.8) is 0 Å². The summed E-state index contributed by atoms with van der Waals surface area (Å²) in [6, 6.07) is 5.43. The van der Waals surface area contributed by atoms with Crippen LogP contribution in [-0.4, -0.2) is 29.4 Å². The van der Waals surface area contributed by atoms with Gasteiger partial charge >= 0.3 is 0 Å². The molecule has 3 heterocycles. The van der Waals surface area contributed by atoms with Crippen molar-refractivity contribution in [1.82, 2.24) is 29.4 Å². The number of rotatable bonds is 2. The second-order valence-electron chi connectivity index (χ2n) is 3.87. The number of nitriles is 1. The molecule has 0 N–H and O–H groups in total. The highest BCUT2D eigenvalue weighted by Gasteiger charge is 2.15. The monoisotopic (exact) mass is 239 g/mol. The lowest BCUT2D eigenvalue weighted by Gasteiger charge is -2.09. The third-order valence-electron chi connectivity index (χ3n) is 2.77. The molecule has 0 fully saturated rings. The molecule has 1 unspecified atom stereocenters. The molecule has 3 aromatic rings. The molecule has 0 aliphatic carbocycles. The second kappa shape index (κ2) is 3.92. The Bertz CT molecular complexity index is 720. The van der Waals surface area contributed by atoms with Gasteiger partial charge in [0.25, 0.3) is 0 Å². The van der Waals surface area contributed by atoms with E-state index in [2.05, 4.69) is 26.3 Å². The van der Waals surface area contributed by atoms with Gasteiger partial charge in [-0.3, -0.25) is 4.40 Å². The van der Waals surface area contributed by atoms with Crippen LogP contribution in [0.3, 0.4) is 0 Å². The van der Waals surface area contributed by atoms with E-state index in [1.54, 1.807) is 29.3 Å². The largest absolute Gasteiger partial charge is 0.285 e. The van der Waals surface area contributed by atoms with Crippen molar-refractivity contribution in [2.24, 2.45) is 0 Å². The van der Waals surface area contributed by atoms with Gasteiger partial charge in [0.1, 0.15) is 18.7 Å². The molecule has 0 bridgehead atoms. The van der Waals surface area contributed by atoms with Gasteiger partial charge in [-0.05, 0) is 13.0 Å². The zero-order chi connectivity index (χ0) is 12.5. The zero-order valence-electron chi connectivity index (χ0n) is 9.59. The summed E-state index contributed by atoms with van der Waals surface area (Å²) >= 11 is 0. The molecule has 3 rings (SSSR count). The Morgan fingerprint density at radius 2 is 2.28 bits per heavy atom. The van der Waals surface area contributed by atoms with Crippen molar-refractivity contribution >= 4 is 5.65 Å². The summed E-state index contributed by atoms with van der Waals surface area (Å²) < 4.78 is 3.54. The Labute approximate surface area is 102 Å². The fraction of sp³-hybridized carbons (Fsp3) is 0.182. The van der Waals surface area contributed by atoms with E-state index in [-0.39, 0.29) is 6.04 Å². The maximum atomic E-state index is 8.83. The minimum atomic E-state index is -0.0737. The molecule has 88 valence electrons. The van der Waals surface area contributed by atoms with Gasteiger partial charge < -0.3 is 0 Å². The van der Waals surface area contributed by atoms with Crippen molar-refractivity contribution < 1.29 is 0 Å². The second-order valence-corrected chi connectivity index (χ2v) is 3.87. The Balaban J connectivity index is 2.11. The first-order valence-corrected chi connectivity index (χ1v) is 5.38. The summed E-state index contributed by atoms with van der Waals surface area (Å²) in [5.41, 5.74) is 1.21. The third kappa shape index (κ3) is 1.51. The van der Waals surface area contributed by atoms with Gasteiger partial charge in [-0.25, -0.2) is 9.67 Å². The van der Waals surface area contributed by atoms with Crippen molar-refractivity contribution in [3.8, 4) is 6.07 Å². The molecule has 7 heteroatoms. The highest BCUT2D eigenvalue weighted by molar-refractivity contribution is 5.45. The first-order chi connectivity index (χ1) is 8.79. The fourth-order valence-electron chi connectivity index (χ4n) is 1.80. The molecule has 0 radical (unpaired) electrons. The molecular weight excluding hydrogens is 230 g/mol. The molecule has 0 spiro atoms. The Morgan fingerprint density at radius 3 is 3.00 bits per heavy atom. The first kappa shape index (κ1) is 10.4. The van der Waals surface area contributed by atoms with Gasteiger partial charge in [-0.15, -0.1) is 10.2 Å². The quantitative estimate of drug-likeness (QED) is 0.660. The lowest BCUT2D eigenvalue weighted by molar-refractivity contribution is 0.530. The summed E-state index contributed by atoms with van der Waals surface area (Å²) in [7, 11) is 0. The van der Waals surface area contributed by atoms with Gasteiger partial charge in [0.2, 0.25) is 0 Å². The minimum absolute atomic E-state index is 0.0737. The average Bonchev–Trinajstić information content (AvgIpc) is 3.06. The molecule has 3 aromatic heterocycles. The standard InChI is InChI=1S/C11H9N7/c1-8(18-7-13-6-14-18)11-16-15-10-4-9(5-12)2-3-17(10)11/h2-4,6-8H,1H3. The van der Waals surface area contributed by atoms with Gasteiger partial charge in [-0.1, -0.05) is 0 Å². The van der Waals surface area contributed by atoms with Crippen molar-refractivity contribution in [3.05, 3.63) is 42.4 Å². The van der Waals surface area contributed by atoms with E-state index >= 15 is 0 Å². The predicted octanol–water partition coefficient (Wildman–Crippen LogP) is 0.802. The van der Waals surface area contributed by atoms with Crippen LogP contribution in [0.1, 0.15) is 24.4 Å². The molecule has 18 heavy (non-hydrogen) atoms. The first-order valence-electron chi connectivity index (χ1n) is 5.38. The summed E-state index contributed by atoms with van der Waals surface area (Å²) in [6.07, 6.45) is 4.90. The van der Waals surface area contributed by atoms with Crippen LogP contribution in [0.2, 0.25) is 0 Å². The van der Waals surface area contributed by atoms with E-state index in [0.717, 1.165) is 5.82 Å². The lowest BCUT2D eigenvalue weighted by Crippen LogP contribution is -2.11. The van der Waals surface area contributed by atoms with E-state index in [1.165, 1.54) is 6.33 Å². The lowest BCUT2D eigenvalue weighted by atomic mass is 10.3. The zero-order valence-corrected chi connectivity index (χ0v) is 9.59. The van der Waals surface area contributed by atoms with Crippen LogP contribution in [0.15, 0.2) is 31.0 Å². The Kier molecular flexibility index (Phi) is 2.27. The normalized spacial score (nSPS) is 12.4. The molecule has 1 atom stereocenters. The van der Waals surface area contributed by atoms with Crippen LogP contribution < -0.4 is 0 Å². The molecule has 7 nitrogen and oxygen atoms in total. The van der Waals surface area contributed by atoms with Crippen LogP contribution in [0.5, 0.6) is 0 Å². The third-order valence-corrected chi connectivity index (χ3v) is 2.77.